The molecule has 3 nitrogen and oxygen atoms in total. The van der Waals surface area contributed by atoms with Crippen molar-refractivity contribution in [3.8, 4) is 17.1 Å². The van der Waals surface area contributed by atoms with Crippen molar-refractivity contribution in [2.45, 2.75) is 0 Å². The summed E-state index contributed by atoms with van der Waals surface area (Å²) in [5, 5.41) is 0.341. The summed E-state index contributed by atoms with van der Waals surface area (Å²) in [5.74, 6) is 0.167. The predicted octanol–water partition coefficient (Wildman–Crippen LogP) is 2.94. The average molecular weight is 239 g/mol. The number of ether oxygens (including phenoxy) is 1. The standard InChI is InChI=1S/C11H8ClFN2O/c1-16-9-6-7(2-3-8(9)13)11-14-5-4-10(12)15-11/h2-6H,1H3. The van der Waals surface area contributed by atoms with Crippen molar-refractivity contribution in [2.24, 2.45) is 0 Å². The van der Waals surface area contributed by atoms with Crippen LogP contribution >= 0.6 is 11.6 Å². The van der Waals surface area contributed by atoms with Gasteiger partial charge in [-0.3, -0.25) is 0 Å². The Labute approximate surface area is 96.9 Å². The highest BCUT2D eigenvalue weighted by atomic mass is 35.5. The molecule has 16 heavy (non-hydrogen) atoms. The van der Waals surface area contributed by atoms with Gasteiger partial charge in [0.1, 0.15) is 5.15 Å². The first-order chi connectivity index (χ1) is 7.70. The van der Waals surface area contributed by atoms with Crippen LogP contribution < -0.4 is 4.74 Å². The summed E-state index contributed by atoms with van der Waals surface area (Å²) in [5.41, 5.74) is 0.653. The minimum atomic E-state index is -0.423. The zero-order valence-electron chi connectivity index (χ0n) is 8.45. The summed E-state index contributed by atoms with van der Waals surface area (Å²) >= 11 is 5.74. The second kappa shape index (κ2) is 4.45. The molecule has 5 heteroatoms. The molecule has 0 spiro atoms. The molecule has 0 saturated carbocycles. The normalized spacial score (nSPS) is 10.2. The van der Waals surface area contributed by atoms with Crippen LogP contribution in [0.2, 0.25) is 5.15 Å². The van der Waals surface area contributed by atoms with Crippen molar-refractivity contribution in [3.05, 3.63) is 41.4 Å². The van der Waals surface area contributed by atoms with Crippen molar-refractivity contribution >= 4 is 11.6 Å². The number of benzene rings is 1. The molecule has 0 atom stereocenters. The summed E-state index contributed by atoms with van der Waals surface area (Å²) in [4.78, 5) is 8.07. The van der Waals surface area contributed by atoms with Gasteiger partial charge in [0.15, 0.2) is 17.4 Å². The molecule has 82 valence electrons. The summed E-state index contributed by atoms with van der Waals surface area (Å²) in [6, 6.07) is 5.98. The summed E-state index contributed by atoms with van der Waals surface area (Å²) < 4.78 is 18.0. The first-order valence-electron chi connectivity index (χ1n) is 4.53. The molecule has 1 aromatic heterocycles. The van der Waals surface area contributed by atoms with Gasteiger partial charge in [-0.25, -0.2) is 14.4 Å². The van der Waals surface area contributed by atoms with Gasteiger partial charge in [0, 0.05) is 11.8 Å². The molecule has 2 aromatic rings. The largest absolute Gasteiger partial charge is 0.494 e. The van der Waals surface area contributed by atoms with Crippen LogP contribution in [-0.4, -0.2) is 17.1 Å². The van der Waals surface area contributed by atoms with E-state index in [4.69, 9.17) is 16.3 Å². The molecule has 0 radical (unpaired) electrons. The molecular formula is C11H8ClFN2O. The van der Waals surface area contributed by atoms with Gasteiger partial charge in [0.05, 0.1) is 7.11 Å². The first kappa shape index (κ1) is 10.8. The van der Waals surface area contributed by atoms with E-state index in [1.165, 1.54) is 19.2 Å². The van der Waals surface area contributed by atoms with Gasteiger partial charge in [-0.15, -0.1) is 0 Å². The van der Waals surface area contributed by atoms with E-state index in [9.17, 15) is 4.39 Å². The predicted molar refractivity (Wildman–Crippen MR) is 59.0 cm³/mol. The molecule has 0 unspecified atom stereocenters. The Morgan fingerprint density at radius 3 is 2.81 bits per heavy atom. The zero-order chi connectivity index (χ0) is 11.5. The zero-order valence-corrected chi connectivity index (χ0v) is 9.20. The number of hydrogen-bond donors (Lipinski definition) is 0. The van der Waals surface area contributed by atoms with E-state index in [1.807, 2.05) is 0 Å². The fourth-order valence-electron chi connectivity index (χ4n) is 1.27. The van der Waals surface area contributed by atoms with Gasteiger partial charge >= 0.3 is 0 Å². The number of rotatable bonds is 2. The molecule has 0 saturated heterocycles. The van der Waals surface area contributed by atoms with E-state index in [0.29, 0.717) is 16.5 Å². The minimum Gasteiger partial charge on any atom is -0.494 e. The lowest BCUT2D eigenvalue weighted by Crippen LogP contribution is -1.92. The highest BCUT2D eigenvalue weighted by molar-refractivity contribution is 6.29. The number of nitrogens with zero attached hydrogens (tertiary/aromatic N) is 2. The smallest absolute Gasteiger partial charge is 0.165 e. The monoisotopic (exact) mass is 238 g/mol. The Morgan fingerprint density at radius 2 is 2.12 bits per heavy atom. The molecule has 0 aliphatic rings. The third-order valence-corrected chi connectivity index (χ3v) is 2.24. The SMILES string of the molecule is COc1cc(-c2nccc(Cl)n2)ccc1F. The van der Waals surface area contributed by atoms with Crippen LogP contribution in [0.25, 0.3) is 11.4 Å². The Balaban J connectivity index is 2.48. The summed E-state index contributed by atoms with van der Waals surface area (Å²) in [6.07, 6.45) is 1.54. The maximum absolute atomic E-state index is 13.2. The Hall–Kier alpha value is -1.68. The molecule has 0 aliphatic carbocycles. The van der Waals surface area contributed by atoms with Gasteiger partial charge < -0.3 is 4.74 Å². The lowest BCUT2D eigenvalue weighted by Gasteiger charge is -2.04. The van der Waals surface area contributed by atoms with E-state index >= 15 is 0 Å². The lowest BCUT2D eigenvalue weighted by molar-refractivity contribution is 0.387. The molecule has 2 rings (SSSR count). The lowest BCUT2D eigenvalue weighted by atomic mass is 10.2. The number of halogens is 2. The van der Waals surface area contributed by atoms with Gasteiger partial charge in [0.2, 0.25) is 0 Å². The Bertz CT molecular complexity index is 519. The maximum Gasteiger partial charge on any atom is 0.165 e. The van der Waals surface area contributed by atoms with Crippen molar-refractivity contribution in [2.75, 3.05) is 7.11 Å². The van der Waals surface area contributed by atoms with Gasteiger partial charge in [-0.1, -0.05) is 11.6 Å². The van der Waals surface area contributed by atoms with E-state index in [0.717, 1.165) is 0 Å². The third-order valence-electron chi connectivity index (χ3n) is 2.03. The van der Waals surface area contributed by atoms with Crippen molar-refractivity contribution in [3.63, 3.8) is 0 Å². The summed E-state index contributed by atoms with van der Waals surface area (Å²) in [7, 11) is 1.40. The maximum atomic E-state index is 13.2. The van der Waals surface area contributed by atoms with Crippen LogP contribution in [0.1, 0.15) is 0 Å². The summed E-state index contributed by atoms with van der Waals surface area (Å²) in [6.45, 7) is 0. The van der Waals surface area contributed by atoms with Crippen LogP contribution in [0.5, 0.6) is 5.75 Å². The first-order valence-corrected chi connectivity index (χ1v) is 4.91. The minimum absolute atomic E-state index is 0.154. The highest BCUT2D eigenvalue weighted by Crippen LogP contribution is 2.24. The topological polar surface area (TPSA) is 35.0 Å². The fraction of sp³-hybridized carbons (Fsp3) is 0.0909. The van der Waals surface area contributed by atoms with E-state index in [1.54, 1.807) is 18.3 Å². The third kappa shape index (κ3) is 2.12. The molecule has 0 bridgehead atoms. The van der Waals surface area contributed by atoms with Crippen LogP contribution in [0.15, 0.2) is 30.5 Å². The second-order valence-electron chi connectivity index (χ2n) is 3.05. The molecule has 0 fully saturated rings. The Kier molecular flexibility index (Phi) is 3.01. The van der Waals surface area contributed by atoms with Gasteiger partial charge in [0.25, 0.3) is 0 Å². The molecule has 0 N–H and O–H groups in total. The van der Waals surface area contributed by atoms with E-state index < -0.39 is 5.82 Å². The van der Waals surface area contributed by atoms with Crippen LogP contribution in [0.3, 0.4) is 0 Å². The number of hydrogen-bond acceptors (Lipinski definition) is 3. The molecule has 0 aliphatic heterocycles. The van der Waals surface area contributed by atoms with E-state index in [-0.39, 0.29) is 5.75 Å². The number of aromatic nitrogens is 2. The molecule has 0 amide bonds. The number of methoxy groups -OCH3 is 1. The van der Waals surface area contributed by atoms with E-state index in [2.05, 4.69) is 9.97 Å². The Morgan fingerprint density at radius 1 is 1.31 bits per heavy atom. The van der Waals surface area contributed by atoms with Crippen LogP contribution in [0, 0.1) is 5.82 Å². The van der Waals surface area contributed by atoms with Crippen molar-refractivity contribution in [1.82, 2.24) is 9.97 Å². The average Bonchev–Trinajstić information content (AvgIpc) is 2.29. The van der Waals surface area contributed by atoms with Crippen LogP contribution in [-0.2, 0) is 0 Å². The fourth-order valence-corrected chi connectivity index (χ4v) is 1.41. The molecule has 1 heterocycles. The highest BCUT2D eigenvalue weighted by Gasteiger charge is 2.07. The van der Waals surface area contributed by atoms with Crippen molar-refractivity contribution in [1.29, 1.82) is 0 Å². The molecule has 1 aromatic carbocycles. The quantitative estimate of drug-likeness (QED) is 0.755. The van der Waals surface area contributed by atoms with Crippen molar-refractivity contribution < 1.29 is 9.13 Å². The second-order valence-corrected chi connectivity index (χ2v) is 3.44. The molecular weight excluding hydrogens is 231 g/mol. The van der Waals surface area contributed by atoms with Gasteiger partial charge in [-0.2, -0.15) is 0 Å². The van der Waals surface area contributed by atoms with Gasteiger partial charge in [-0.05, 0) is 24.3 Å². The van der Waals surface area contributed by atoms with Crippen LogP contribution in [0.4, 0.5) is 4.39 Å².